The van der Waals surface area contributed by atoms with E-state index in [1.165, 1.54) is 17.5 Å². The molecule has 38 heavy (non-hydrogen) atoms. The molecule has 1 amide bonds. The van der Waals surface area contributed by atoms with Gasteiger partial charge in [-0.05, 0) is 65.6 Å². The monoisotopic (exact) mass is 511 g/mol. The highest BCUT2D eigenvalue weighted by Crippen LogP contribution is 2.46. The molecule has 10 nitrogen and oxygen atoms in total. The molecule has 2 fully saturated rings. The first kappa shape index (κ1) is 23.0. The van der Waals surface area contributed by atoms with Crippen molar-refractivity contribution in [1.29, 1.82) is 5.26 Å². The maximum Gasteiger partial charge on any atom is 0.346 e. The van der Waals surface area contributed by atoms with E-state index >= 15 is 0 Å². The van der Waals surface area contributed by atoms with Gasteiger partial charge in [-0.25, -0.2) is 9.78 Å². The molecule has 2 atom stereocenters. The summed E-state index contributed by atoms with van der Waals surface area (Å²) in [6.45, 7) is 2.90. The molecule has 192 valence electrons. The Kier molecular flexibility index (Phi) is 5.60. The number of carbonyl (C=O) groups is 1. The van der Waals surface area contributed by atoms with Gasteiger partial charge in [-0.2, -0.15) is 9.94 Å². The number of nitriles is 1. The Morgan fingerprint density at radius 1 is 0.921 bits per heavy atom. The smallest absolute Gasteiger partial charge is 0.346 e. The fourth-order valence-corrected chi connectivity index (χ4v) is 6.09. The van der Waals surface area contributed by atoms with Crippen LogP contribution in [-0.4, -0.2) is 52.4 Å². The summed E-state index contributed by atoms with van der Waals surface area (Å²) in [5.74, 6) is 2.44. The van der Waals surface area contributed by atoms with Gasteiger partial charge in [0.15, 0.2) is 13.6 Å². The van der Waals surface area contributed by atoms with Crippen LogP contribution in [0.3, 0.4) is 0 Å². The number of carbonyl (C=O) groups excluding carboxylic acids is 1. The van der Waals surface area contributed by atoms with Crippen molar-refractivity contribution in [1.82, 2.24) is 19.7 Å². The number of hydrogen-bond donors (Lipinski definition) is 0. The van der Waals surface area contributed by atoms with Crippen LogP contribution in [0, 0.1) is 23.2 Å². The van der Waals surface area contributed by atoms with Gasteiger partial charge in [0, 0.05) is 24.2 Å². The molecule has 1 aromatic heterocycles. The average Bonchev–Trinajstić information content (AvgIpc) is 3.68. The van der Waals surface area contributed by atoms with E-state index in [0.29, 0.717) is 38.1 Å². The van der Waals surface area contributed by atoms with Crippen molar-refractivity contribution in [2.24, 2.45) is 11.8 Å². The summed E-state index contributed by atoms with van der Waals surface area (Å²) in [6.07, 6.45) is 3.11. The average molecular weight is 512 g/mol. The highest BCUT2D eigenvalue weighted by atomic mass is 16.7. The van der Waals surface area contributed by atoms with E-state index in [-0.39, 0.29) is 25.4 Å². The Morgan fingerprint density at radius 2 is 1.53 bits per heavy atom. The SMILES string of the molecule is N#Cc1ncn(C(=O)N2CC3CC(=C(c4ccc5c(c4)COCO5)c4ccc5c(c4)COCO5)CC3C2)n1. The van der Waals surface area contributed by atoms with Gasteiger partial charge in [-0.3, -0.25) is 0 Å². The molecule has 1 saturated heterocycles. The molecular weight excluding hydrogens is 486 g/mol. The maximum absolute atomic E-state index is 13.0. The van der Waals surface area contributed by atoms with Crippen LogP contribution in [0.25, 0.3) is 5.57 Å². The summed E-state index contributed by atoms with van der Waals surface area (Å²) in [7, 11) is 0. The quantitative estimate of drug-likeness (QED) is 0.512. The van der Waals surface area contributed by atoms with Crippen molar-refractivity contribution in [3.8, 4) is 17.6 Å². The number of ether oxygens (including phenoxy) is 4. The zero-order valence-electron chi connectivity index (χ0n) is 20.6. The van der Waals surface area contributed by atoms with E-state index in [1.807, 2.05) is 23.1 Å². The van der Waals surface area contributed by atoms with E-state index in [0.717, 1.165) is 51.3 Å². The fourth-order valence-electron chi connectivity index (χ4n) is 6.09. The molecule has 3 aromatic rings. The van der Waals surface area contributed by atoms with Crippen LogP contribution in [0.4, 0.5) is 4.79 Å². The lowest BCUT2D eigenvalue weighted by Crippen LogP contribution is -2.33. The Hall–Kier alpha value is -4.20. The van der Waals surface area contributed by atoms with Crippen molar-refractivity contribution >= 4 is 11.6 Å². The third-order valence-corrected chi connectivity index (χ3v) is 7.81. The topological polar surface area (TPSA) is 112 Å². The molecule has 2 aromatic carbocycles. The number of benzene rings is 2. The summed E-state index contributed by atoms with van der Waals surface area (Å²) in [5, 5.41) is 12.9. The number of likely N-dealkylation sites (tertiary alicyclic amines) is 1. The van der Waals surface area contributed by atoms with Gasteiger partial charge in [0.2, 0.25) is 0 Å². The number of rotatable bonds is 2. The van der Waals surface area contributed by atoms with Gasteiger partial charge < -0.3 is 23.8 Å². The number of aromatic nitrogens is 3. The minimum Gasteiger partial charge on any atom is -0.467 e. The first-order valence-corrected chi connectivity index (χ1v) is 12.7. The van der Waals surface area contributed by atoms with E-state index in [1.54, 1.807) is 0 Å². The van der Waals surface area contributed by atoms with Gasteiger partial charge in [0.05, 0.1) is 13.2 Å². The fraction of sp³-hybridized carbons (Fsp3) is 0.357. The molecule has 0 N–H and O–H groups in total. The highest BCUT2D eigenvalue weighted by molar-refractivity contribution is 5.84. The lowest BCUT2D eigenvalue weighted by molar-refractivity contribution is -0.0164. The Balaban J connectivity index is 1.21. The minimum atomic E-state index is -0.233. The van der Waals surface area contributed by atoms with Crippen molar-refractivity contribution in [3.05, 3.63) is 76.4 Å². The lowest BCUT2D eigenvalue weighted by Gasteiger charge is -2.23. The standard InChI is InChI=1S/C28H25N5O5/c29-9-26-30-14-33(31-26)28(34)32-10-20-7-19(8-21(20)11-32)27(17-1-3-24-22(5-17)12-35-15-37-24)18-2-4-25-23(6-18)13-36-16-38-25/h1-6,14,20-21H,7-8,10-13,15-16H2. The largest absolute Gasteiger partial charge is 0.467 e. The number of fused-ring (bicyclic) bond motifs is 3. The molecule has 1 saturated carbocycles. The molecule has 0 bridgehead atoms. The van der Waals surface area contributed by atoms with Crippen LogP contribution in [0.2, 0.25) is 0 Å². The van der Waals surface area contributed by atoms with E-state index < -0.39 is 0 Å². The van der Waals surface area contributed by atoms with Crippen LogP contribution < -0.4 is 9.47 Å². The molecule has 0 radical (unpaired) electrons. The van der Waals surface area contributed by atoms with Crippen LogP contribution in [-0.2, 0) is 22.7 Å². The Bertz CT molecular complexity index is 1430. The molecule has 1 aliphatic carbocycles. The van der Waals surface area contributed by atoms with Crippen LogP contribution in [0.1, 0.15) is 40.9 Å². The maximum atomic E-state index is 13.0. The minimum absolute atomic E-state index is 0.00528. The summed E-state index contributed by atoms with van der Waals surface area (Å²) < 4.78 is 23.6. The molecule has 0 spiro atoms. The van der Waals surface area contributed by atoms with E-state index in [4.69, 9.17) is 24.2 Å². The number of hydrogen-bond acceptors (Lipinski definition) is 8. The molecular formula is C28H25N5O5. The first-order valence-electron chi connectivity index (χ1n) is 12.7. The second-order valence-corrected chi connectivity index (χ2v) is 10.1. The molecule has 4 aliphatic rings. The Labute approximate surface area is 219 Å². The molecule has 7 rings (SSSR count). The summed E-state index contributed by atoms with van der Waals surface area (Å²) in [5.41, 5.74) is 6.94. The van der Waals surface area contributed by atoms with Gasteiger partial charge in [-0.15, -0.1) is 5.10 Å². The third kappa shape index (κ3) is 4.00. The summed E-state index contributed by atoms with van der Waals surface area (Å²) >= 11 is 0. The van der Waals surface area contributed by atoms with Crippen LogP contribution in [0.15, 0.2) is 48.3 Å². The van der Waals surface area contributed by atoms with Crippen LogP contribution >= 0.6 is 0 Å². The zero-order valence-corrected chi connectivity index (χ0v) is 20.6. The van der Waals surface area contributed by atoms with E-state index in [9.17, 15) is 4.79 Å². The van der Waals surface area contributed by atoms with E-state index in [2.05, 4.69) is 34.3 Å². The molecule has 10 heteroatoms. The highest BCUT2D eigenvalue weighted by Gasteiger charge is 2.42. The normalized spacial score (nSPS) is 21.6. The van der Waals surface area contributed by atoms with Crippen molar-refractivity contribution in [2.45, 2.75) is 26.1 Å². The zero-order chi connectivity index (χ0) is 25.6. The summed E-state index contributed by atoms with van der Waals surface area (Å²) in [4.78, 5) is 18.6. The second-order valence-electron chi connectivity index (χ2n) is 10.1. The number of allylic oxidation sites excluding steroid dienone is 1. The predicted octanol–water partition coefficient (Wildman–Crippen LogP) is 3.69. The lowest BCUT2D eigenvalue weighted by atomic mass is 9.89. The second kappa shape index (κ2) is 9.28. The van der Waals surface area contributed by atoms with Gasteiger partial charge in [-0.1, -0.05) is 17.7 Å². The molecule has 3 aliphatic heterocycles. The molecule has 2 unspecified atom stereocenters. The van der Waals surface area contributed by atoms with Crippen molar-refractivity contribution < 1.29 is 23.7 Å². The van der Waals surface area contributed by atoms with Crippen molar-refractivity contribution in [2.75, 3.05) is 26.7 Å². The summed E-state index contributed by atoms with van der Waals surface area (Å²) in [6, 6.07) is 14.3. The van der Waals surface area contributed by atoms with Crippen LogP contribution in [0.5, 0.6) is 11.5 Å². The third-order valence-electron chi connectivity index (χ3n) is 7.81. The number of amides is 1. The predicted molar refractivity (Wildman–Crippen MR) is 133 cm³/mol. The van der Waals surface area contributed by atoms with Gasteiger partial charge >= 0.3 is 6.03 Å². The molecule has 4 heterocycles. The van der Waals surface area contributed by atoms with Gasteiger partial charge in [0.1, 0.15) is 23.9 Å². The Morgan fingerprint density at radius 3 is 2.08 bits per heavy atom. The first-order chi connectivity index (χ1) is 18.7. The van der Waals surface area contributed by atoms with Crippen molar-refractivity contribution in [3.63, 3.8) is 0 Å². The number of nitrogens with zero attached hydrogens (tertiary/aromatic N) is 5. The van der Waals surface area contributed by atoms with Gasteiger partial charge in [0.25, 0.3) is 5.82 Å².